The molecule has 0 aliphatic carbocycles. The molecule has 2 N–H and O–H groups in total. The van der Waals surface area contributed by atoms with E-state index >= 15 is 0 Å². The first-order valence-corrected chi connectivity index (χ1v) is 10.1. The second kappa shape index (κ2) is 11.8. The molecule has 0 spiro atoms. The van der Waals surface area contributed by atoms with E-state index in [4.69, 9.17) is 14.2 Å². The number of hydrogen-bond acceptors (Lipinski definition) is 4. The highest BCUT2D eigenvalue weighted by Crippen LogP contribution is 2.31. The van der Waals surface area contributed by atoms with Crippen LogP contribution in [0.5, 0.6) is 17.2 Å². The molecule has 0 aromatic heterocycles. The van der Waals surface area contributed by atoms with E-state index in [1.165, 1.54) is 0 Å². The van der Waals surface area contributed by atoms with Gasteiger partial charge in [-0.05, 0) is 43.5 Å². The Morgan fingerprint density at radius 2 is 1.66 bits per heavy atom. The van der Waals surface area contributed by atoms with Gasteiger partial charge in [-0.15, -0.1) is 0 Å². The normalized spacial score (nSPS) is 11.4. The van der Waals surface area contributed by atoms with Crippen molar-refractivity contribution in [3.8, 4) is 17.2 Å². The van der Waals surface area contributed by atoms with Crippen molar-refractivity contribution in [3.05, 3.63) is 53.6 Å². The summed E-state index contributed by atoms with van der Waals surface area (Å²) in [5.74, 6) is 2.19. The van der Waals surface area contributed by atoms with Crippen molar-refractivity contribution in [2.24, 2.45) is 0 Å². The number of nitrogens with one attached hydrogen (secondary N) is 2. The lowest BCUT2D eigenvalue weighted by molar-refractivity contribution is 0.237. The zero-order valence-corrected chi connectivity index (χ0v) is 17.8. The standard InChI is InChI=1S/C23H32N2O4/c1-5-13-28-21-12-11-18(15-22(21)29-14-6-2)17(3)25-23(26)24-16-19-9-7-8-10-20(19)27-4/h7-12,15,17H,5-6,13-14,16H2,1-4H3,(H2,24,25,26). The summed E-state index contributed by atoms with van der Waals surface area (Å²) in [6, 6.07) is 13.0. The maximum atomic E-state index is 12.3. The SMILES string of the molecule is CCCOc1ccc(C(C)NC(=O)NCc2ccccc2OC)cc1OCCC. The van der Waals surface area contributed by atoms with Gasteiger partial charge in [-0.2, -0.15) is 0 Å². The van der Waals surface area contributed by atoms with Crippen LogP contribution in [0.25, 0.3) is 0 Å². The zero-order chi connectivity index (χ0) is 21.1. The largest absolute Gasteiger partial charge is 0.496 e. The number of carbonyl (C=O) groups is 1. The molecule has 6 heteroatoms. The number of para-hydroxylation sites is 1. The van der Waals surface area contributed by atoms with E-state index in [0.717, 1.165) is 35.5 Å². The number of ether oxygens (including phenoxy) is 3. The Bertz CT molecular complexity index is 779. The van der Waals surface area contributed by atoms with Crippen LogP contribution in [-0.4, -0.2) is 26.4 Å². The molecule has 0 bridgehead atoms. The van der Waals surface area contributed by atoms with Crippen molar-refractivity contribution in [1.29, 1.82) is 0 Å². The first-order valence-electron chi connectivity index (χ1n) is 10.1. The summed E-state index contributed by atoms with van der Waals surface area (Å²) < 4.78 is 16.9. The molecule has 0 aliphatic heterocycles. The minimum absolute atomic E-state index is 0.183. The van der Waals surface area contributed by atoms with Crippen LogP contribution in [0.4, 0.5) is 4.79 Å². The Kier molecular flexibility index (Phi) is 9.15. The highest BCUT2D eigenvalue weighted by atomic mass is 16.5. The first-order chi connectivity index (χ1) is 14.1. The van der Waals surface area contributed by atoms with Gasteiger partial charge in [-0.1, -0.05) is 38.1 Å². The van der Waals surface area contributed by atoms with Gasteiger partial charge >= 0.3 is 6.03 Å². The second-order valence-electron chi connectivity index (χ2n) is 6.76. The molecule has 1 atom stereocenters. The van der Waals surface area contributed by atoms with Crippen LogP contribution in [0.15, 0.2) is 42.5 Å². The molecule has 2 aromatic carbocycles. The van der Waals surface area contributed by atoms with Crippen molar-refractivity contribution >= 4 is 6.03 Å². The molecule has 0 heterocycles. The number of amides is 2. The van der Waals surface area contributed by atoms with Gasteiger partial charge in [0.2, 0.25) is 0 Å². The van der Waals surface area contributed by atoms with E-state index < -0.39 is 0 Å². The van der Waals surface area contributed by atoms with E-state index in [1.54, 1.807) is 7.11 Å². The summed E-state index contributed by atoms with van der Waals surface area (Å²) in [6.07, 6.45) is 1.84. The number of carbonyl (C=O) groups excluding carboxylic acids is 1. The lowest BCUT2D eigenvalue weighted by Crippen LogP contribution is -2.36. The minimum atomic E-state index is -0.245. The van der Waals surface area contributed by atoms with Crippen LogP contribution in [-0.2, 0) is 6.54 Å². The van der Waals surface area contributed by atoms with Crippen LogP contribution in [0.1, 0.15) is 50.8 Å². The topological polar surface area (TPSA) is 68.8 Å². The molecule has 0 saturated carbocycles. The van der Waals surface area contributed by atoms with E-state index in [-0.39, 0.29) is 12.1 Å². The molecule has 6 nitrogen and oxygen atoms in total. The quantitative estimate of drug-likeness (QED) is 0.567. The molecule has 0 fully saturated rings. The summed E-state index contributed by atoms with van der Waals surface area (Å²) in [5.41, 5.74) is 1.87. The van der Waals surface area contributed by atoms with Crippen molar-refractivity contribution in [2.45, 2.75) is 46.2 Å². The van der Waals surface area contributed by atoms with Gasteiger partial charge < -0.3 is 24.8 Å². The molecular formula is C23H32N2O4. The lowest BCUT2D eigenvalue weighted by atomic mass is 10.1. The third kappa shape index (κ3) is 6.89. The summed E-state index contributed by atoms with van der Waals surface area (Å²) >= 11 is 0. The van der Waals surface area contributed by atoms with E-state index in [9.17, 15) is 4.79 Å². The number of urea groups is 1. The molecule has 1 unspecified atom stereocenters. The van der Waals surface area contributed by atoms with E-state index in [2.05, 4.69) is 24.5 Å². The van der Waals surface area contributed by atoms with E-state index in [1.807, 2.05) is 49.4 Å². The van der Waals surface area contributed by atoms with Crippen LogP contribution in [0.2, 0.25) is 0 Å². The summed E-state index contributed by atoms with van der Waals surface area (Å²) in [5, 5.41) is 5.84. The zero-order valence-electron chi connectivity index (χ0n) is 17.8. The van der Waals surface area contributed by atoms with Crippen molar-refractivity contribution in [3.63, 3.8) is 0 Å². The Labute approximate surface area is 173 Å². The molecule has 0 saturated heterocycles. The summed E-state index contributed by atoms with van der Waals surface area (Å²) in [4.78, 5) is 12.3. The van der Waals surface area contributed by atoms with Gasteiger partial charge in [-0.25, -0.2) is 4.79 Å². The minimum Gasteiger partial charge on any atom is -0.496 e. The Morgan fingerprint density at radius 1 is 0.966 bits per heavy atom. The van der Waals surface area contributed by atoms with Gasteiger partial charge in [-0.3, -0.25) is 0 Å². The molecule has 2 rings (SSSR count). The molecule has 0 aliphatic rings. The van der Waals surface area contributed by atoms with Crippen LogP contribution in [0, 0.1) is 0 Å². The highest BCUT2D eigenvalue weighted by Gasteiger charge is 2.14. The Balaban J connectivity index is 1.99. The fraction of sp³-hybridized carbons (Fsp3) is 0.435. The predicted octanol–water partition coefficient (Wildman–Crippen LogP) is 4.83. The van der Waals surface area contributed by atoms with Gasteiger partial charge in [0.05, 0.1) is 26.4 Å². The van der Waals surface area contributed by atoms with Crippen LogP contribution >= 0.6 is 0 Å². The molecular weight excluding hydrogens is 368 g/mol. The third-order valence-electron chi connectivity index (χ3n) is 4.37. The van der Waals surface area contributed by atoms with Gasteiger partial charge in [0, 0.05) is 12.1 Å². The maximum Gasteiger partial charge on any atom is 0.315 e. The van der Waals surface area contributed by atoms with E-state index in [0.29, 0.717) is 25.5 Å². The van der Waals surface area contributed by atoms with Gasteiger partial charge in [0.25, 0.3) is 0 Å². The van der Waals surface area contributed by atoms with Crippen molar-refractivity contribution in [2.75, 3.05) is 20.3 Å². The van der Waals surface area contributed by atoms with Gasteiger partial charge in [0.1, 0.15) is 5.75 Å². The average molecular weight is 401 g/mol. The molecule has 2 aromatic rings. The third-order valence-corrected chi connectivity index (χ3v) is 4.37. The van der Waals surface area contributed by atoms with Crippen molar-refractivity contribution in [1.82, 2.24) is 10.6 Å². The number of benzene rings is 2. The molecule has 0 radical (unpaired) electrons. The fourth-order valence-electron chi connectivity index (χ4n) is 2.81. The predicted molar refractivity (Wildman–Crippen MR) is 115 cm³/mol. The lowest BCUT2D eigenvalue weighted by Gasteiger charge is -2.18. The van der Waals surface area contributed by atoms with Gasteiger partial charge in [0.15, 0.2) is 11.5 Å². The smallest absolute Gasteiger partial charge is 0.315 e. The summed E-state index contributed by atoms with van der Waals surface area (Å²) in [7, 11) is 1.62. The molecule has 2 amide bonds. The average Bonchev–Trinajstić information content (AvgIpc) is 2.75. The Morgan fingerprint density at radius 3 is 2.34 bits per heavy atom. The first kappa shape index (κ1) is 22.4. The molecule has 158 valence electrons. The number of rotatable bonds is 11. The monoisotopic (exact) mass is 400 g/mol. The fourth-order valence-corrected chi connectivity index (χ4v) is 2.81. The van der Waals surface area contributed by atoms with Crippen LogP contribution in [0.3, 0.4) is 0 Å². The highest BCUT2D eigenvalue weighted by molar-refractivity contribution is 5.74. The number of methoxy groups -OCH3 is 1. The Hall–Kier alpha value is -2.89. The van der Waals surface area contributed by atoms with Crippen LogP contribution < -0.4 is 24.8 Å². The molecule has 29 heavy (non-hydrogen) atoms. The van der Waals surface area contributed by atoms with Crippen molar-refractivity contribution < 1.29 is 19.0 Å². The summed E-state index contributed by atoms with van der Waals surface area (Å²) in [6.45, 7) is 7.71. The maximum absolute atomic E-state index is 12.3. The second-order valence-corrected chi connectivity index (χ2v) is 6.76. The number of hydrogen-bond donors (Lipinski definition) is 2.